The number of hydrogen-bond acceptors (Lipinski definition) is 3. The van der Waals surface area contributed by atoms with Gasteiger partial charge < -0.3 is 4.90 Å². The van der Waals surface area contributed by atoms with Crippen LogP contribution in [0.5, 0.6) is 0 Å². The smallest absolute Gasteiger partial charge is 0.250 e. The van der Waals surface area contributed by atoms with Gasteiger partial charge in [0.1, 0.15) is 0 Å². The van der Waals surface area contributed by atoms with Gasteiger partial charge in [-0.3, -0.25) is 10.1 Å². The van der Waals surface area contributed by atoms with Gasteiger partial charge in [0.05, 0.1) is 11.1 Å². The molecule has 2 atom stereocenters. The monoisotopic (exact) mass is 184 g/mol. The molecule has 1 aliphatic rings. The topological polar surface area (TPSA) is 46.4 Å². The van der Waals surface area contributed by atoms with Crippen LogP contribution in [0.4, 0.5) is 0 Å². The van der Waals surface area contributed by atoms with Gasteiger partial charge in [-0.1, -0.05) is 0 Å². The first-order chi connectivity index (χ1) is 6.11. The molecule has 0 saturated carbocycles. The third-order valence-electron chi connectivity index (χ3n) is 2.62. The van der Waals surface area contributed by atoms with Gasteiger partial charge >= 0.3 is 0 Å². The van der Waals surface area contributed by atoms with Gasteiger partial charge in [-0.05, 0) is 33.1 Å². The van der Waals surface area contributed by atoms with Crippen molar-refractivity contribution in [3.63, 3.8) is 0 Å². The largest absolute Gasteiger partial charge is 0.367 e. The highest BCUT2D eigenvalue weighted by atomic mass is 16.6. The molecule has 13 heavy (non-hydrogen) atoms. The van der Waals surface area contributed by atoms with Crippen molar-refractivity contribution < 1.29 is 4.92 Å². The Morgan fingerprint density at radius 2 is 1.92 bits per heavy atom. The second-order valence-corrected chi connectivity index (χ2v) is 3.66. The summed E-state index contributed by atoms with van der Waals surface area (Å²) in [6.45, 7) is 4.22. The maximum atomic E-state index is 10.1. The summed E-state index contributed by atoms with van der Waals surface area (Å²) in [7, 11) is 0. The summed E-state index contributed by atoms with van der Waals surface area (Å²) >= 11 is 0. The average Bonchev–Trinajstić information content (AvgIpc) is 2.03. The molecule has 0 radical (unpaired) electrons. The van der Waals surface area contributed by atoms with Gasteiger partial charge in [0.15, 0.2) is 0 Å². The van der Waals surface area contributed by atoms with Gasteiger partial charge in [-0.25, -0.2) is 0 Å². The summed E-state index contributed by atoms with van der Waals surface area (Å²) in [6.07, 6.45) is 6.12. The summed E-state index contributed by atoms with van der Waals surface area (Å²) in [5, 5.41) is 10.1. The van der Waals surface area contributed by atoms with Gasteiger partial charge in [0.25, 0.3) is 0 Å². The lowest BCUT2D eigenvalue weighted by atomic mass is 9.98. The first-order valence-corrected chi connectivity index (χ1v) is 4.70. The molecule has 0 bridgehead atoms. The Labute approximate surface area is 78.4 Å². The molecule has 4 nitrogen and oxygen atoms in total. The molecule has 0 aromatic carbocycles. The summed E-state index contributed by atoms with van der Waals surface area (Å²) in [6, 6.07) is 0.861. The molecule has 0 aromatic rings. The Morgan fingerprint density at radius 3 is 2.38 bits per heavy atom. The van der Waals surface area contributed by atoms with Gasteiger partial charge in [0.2, 0.25) is 6.20 Å². The highest BCUT2D eigenvalue weighted by molar-refractivity contribution is 4.87. The minimum Gasteiger partial charge on any atom is -0.367 e. The second kappa shape index (κ2) is 4.25. The van der Waals surface area contributed by atoms with Crippen LogP contribution in [0.1, 0.15) is 33.1 Å². The van der Waals surface area contributed by atoms with Crippen LogP contribution < -0.4 is 0 Å². The number of piperidine rings is 1. The van der Waals surface area contributed by atoms with Crippen LogP contribution in [0.3, 0.4) is 0 Å². The molecule has 2 unspecified atom stereocenters. The highest BCUT2D eigenvalue weighted by Gasteiger charge is 2.21. The average molecular weight is 184 g/mol. The zero-order valence-electron chi connectivity index (χ0n) is 8.14. The fourth-order valence-corrected chi connectivity index (χ4v) is 1.87. The molecular formula is C9H16N2O2. The van der Waals surface area contributed by atoms with E-state index in [0.717, 1.165) is 19.0 Å². The second-order valence-electron chi connectivity index (χ2n) is 3.66. The molecule has 0 aromatic heterocycles. The Kier molecular flexibility index (Phi) is 3.28. The fourth-order valence-electron chi connectivity index (χ4n) is 1.87. The summed E-state index contributed by atoms with van der Waals surface area (Å²) in [4.78, 5) is 11.8. The minimum absolute atomic E-state index is 0.409. The van der Waals surface area contributed by atoms with E-state index in [0.29, 0.717) is 12.1 Å². The zero-order chi connectivity index (χ0) is 9.84. The molecule has 1 aliphatic heterocycles. The number of likely N-dealkylation sites (tertiary alicyclic amines) is 1. The van der Waals surface area contributed by atoms with Crippen molar-refractivity contribution in [2.45, 2.75) is 45.2 Å². The Hall–Kier alpha value is -1.06. The van der Waals surface area contributed by atoms with E-state index in [1.165, 1.54) is 6.42 Å². The molecule has 0 N–H and O–H groups in total. The lowest BCUT2D eigenvalue weighted by Gasteiger charge is -2.37. The highest BCUT2D eigenvalue weighted by Crippen LogP contribution is 2.22. The quantitative estimate of drug-likeness (QED) is 0.487. The predicted octanol–water partition coefficient (Wildman–Crippen LogP) is 2.00. The van der Waals surface area contributed by atoms with Crippen molar-refractivity contribution in [3.05, 3.63) is 22.5 Å². The number of hydrogen-bond donors (Lipinski definition) is 0. The molecule has 4 heteroatoms. The Morgan fingerprint density at radius 1 is 1.38 bits per heavy atom. The van der Waals surface area contributed by atoms with E-state index in [-0.39, 0.29) is 0 Å². The normalized spacial score (nSPS) is 29.5. The summed E-state index contributed by atoms with van der Waals surface area (Å²) in [5.41, 5.74) is 0. The van der Waals surface area contributed by atoms with E-state index in [1.807, 2.05) is 0 Å². The molecule has 0 spiro atoms. The van der Waals surface area contributed by atoms with Gasteiger partial charge in [-0.15, -0.1) is 0 Å². The van der Waals surface area contributed by atoms with E-state index < -0.39 is 4.92 Å². The fraction of sp³-hybridized carbons (Fsp3) is 0.778. The lowest BCUT2D eigenvalue weighted by Crippen LogP contribution is -2.39. The van der Waals surface area contributed by atoms with Crippen LogP contribution in [-0.2, 0) is 0 Å². The maximum Gasteiger partial charge on any atom is 0.250 e. The van der Waals surface area contributed by atoms with Crippen molar-refractivity contribution >= 4 is 0 Å². The number of nitrogens with zero attached hydrogens (tertiary/aromatic N) is 2. The molecule has 1 saturated heterocycles. The van der Waals surface area contributed by atoms with Gasteiger partial charge in [0, 0.05) is 12.1 Å². The molecule has 74 valence electrons. The van der Waals surface area contributed by atoms with Crippen LogP contribution in [0.25, 0.3) is 0 Å². The Balaban J connectivity index is 2.58. The third kappa shape index (κ3) is 2.72. The van der Waals surface area contributed by atoms with E-state index in [4.69, 9.17) is 0 Å². The van der Waals surface area contributed by atoms with Crippen LogP contribution in [-0.4, -0.2) is 21.9 Å². The van der Waals surface area contributed by atoms with Crippen molar-refractivity contribution in [1.29, 1.82) is 0 Å². The first-order valence-electron chi connectivity index (χ1n) is 4.70. The Bertz CT molecular complexity index is 206. The van der Waals surface area contributed by atoms with Crippen molar-refractivity contribution in [1.82, 2.24) is 4.90 Å². The molecule has 1 heterocycles. The van der Waals surface area contributed by atoms with Gasteiger partial charge in [-0.2, -0.15) is 0 Å². The van der Waals surface area contributed by atoms with Crippen LogP contribution in [0.2, 0.25) is 0 Å². The van der Waals surface area contributed by atoms with Crippen molar-refractivity contribution in [3.8, 4) is 0 Å². The molecule has 0 amide bonds. The lowest BCUT2D eigenvalue weighted by molar-refractivity contribution is -0.403. The number of rotatable bonds is 2. The maximum absolute atomic E-state index is 10.1. The molecule has 1 rings (SSSR count). The SMILES string of the molecule is CC1CCCC(C)N1C=C[N+](=O)[O-]. The summed E-state index contributed by atoms with van der Waals surface area (Å²) in [5.74, 6) is 0. The zero-order valence-corrected chi connectivity index (χ0v) is 8.14. The molecule has 0 aliphatic carbocycles. The van der Waals surface area contributed by atoms with Crippen molar-refractivity contribution in [2.75, 3.05) is 0 Å². The third-order valence-corrected chi connectivity index (χ3v) is 2.62. The molecule has 1 fully saturated rings. The van der Waals surface area contributed by atoms with E-state index in [1.54, 1.807) is 6.20 Å². The number of nitro groups is 1. The van der Waals surface area contributed by atoms with Crippen LogP contribution in [0.15, 0.2) is 12.4 Å². The molecular weight excluding hydrogens is 168 g/mol. The predicted molar refractivity (Wildman–Crippen MR) is 50.7 cm³/mol. The minimum atomic E-state index is -0.409. The van der Waals surface area contributed by atoms with Crippen molar-refractivity contribution in [2.24, 2.45) is 0 Å². The standard InChI is InChI=1S/C9H16N2O2/c1-8-4-3-5-9(2)10(8)6-7-11(12)13/h6-9H,3-5H2,1-2H3. The van der Waals surface area contributed by atoms with E-state index in [2.05, 4.69) is 18.7 Å². The van der Waals surface area contributed by atoms with Crippen LogP contribution >= 0.6 is 0 Å². The first kappa shape index (κ1) is 10.0. The summed E-state index contributed by atoms with van der Waals surface area (Å²) < 4.78 is 0. The van der Waals surface area contributed by atoms with Crippen LogP contribution in [0, 0.1) is 10.1 Å². The van der Waals surface area contributed by atoms with E-state index >= 15 is 0 Å². The van der Waals surface area contributed by atoms with E-state index in [9.17, 15) is 10.1 Å².